The lowest BCUT2D eigenvalue weighted by molar-refractivity contribution is 0.683. The summed E-state index contributed by atoms with van der Waals surface area (Å²) < 4.78 is 0. The third-order valence-electron chi connectivity index (χ3n) is 2.74. The molecule has 0 radical (unpaired) electrons. The van der Waals surface area contributed by atoms with Crippen molar-refractivity contribution in [1.29, 1.82) is 0 Å². The third kappa shape index (κ3) is 7.59. The van der Waals surface area contributed by atoms with E-state index in [-0.39, 0.29) is 30.0 Å². The van der Waals surface area contributed by atoms with Crippen molar-refractivity contribution < 1.29 is 0 Å². The Labute approximate surface area is 148 Å². The molecule has 2 N–H and O–H groups in total. The molecule has 0 aliphatic rings. The van der Waals surface area contributed by atoms with Crippen LogP contribution in [0.4, 0.5) is 0 Å². The van der Waals surface area contributed by atoms with Crippen LogP contribution in [0.5, 0.6) is 0 Å². The van der Waals surface area contributed by atoms with Gasteiger partial charge in [-0.3, -0.25) is 4.99 Å². The highest BCUT2D eigenvalue weighted by Crippen LogP contribution is 2.17. The monoisotopic (exact) mass is 427 g/mol. The molecule has 0 saturated heterocycles. The molecule has 114 valence electrons. The van der Waals surface area contributed by atoms with Crippen molar-refractivity contribution in [1.82, 2.24) is 10.6 Å². The van der Waals surface area contributed by atoms with Gasteiger partial charge in [0.25, 0.3) is 0 Å². The zero-order valence-electron chi connectivity index (χ0n) is 12.1. The molecular formula is C14H23ClIN3S. The highest BCUT2D eigenvalue weighted by Gasteiger charge is 2.07. The molecule has 1 atom stereocenters. The maximum atomic E-state index is 6.00. The van der Waals surface area contributed by atoms with E-state index in [9.17, 15) is 0 Å². The first kappa shape index (κ1) is 19.9. The summed E-state index contributed by atoms with van der Waals surface area (Å²) in [6.45, 7) is 3.03. The summed E-state index contributed by atoms with van der Waals surface area (Å²) in [6, 6.07) is 8.05. The Hall–Kier alpha value is -0.140. The molecule has 20 heavy (non-hydrogen) atoms. The van der Waals surface area contributed by atoms with Gasteiger partial charge in [0.2, 0.25) is 0 Å². The number of nitrogens with one attached hydrogen (secondary N) is 2. The van der Waals surface area contributed by atoms with Crippen LogP contribution < -0.4 is 10.6 Å². The van der Waals surface area contributed by atoms with Crippen molar-refractivity contribution in [2.24, 2.45) is 4.99 Å². The quantitative estimate of drug-likeness (QED) is 0.312. The molecule has 1 rings (SSSR count). The Morgan fingerprint density at radius 2 is 2.20 bits per heavy atom. The van der Waals surface area contributed by atoms with Gasteiger partial charge in [-0.15, -0.1) is 24.0 Å². The number of hydrogen-bond acceptors (Lipinski definition) is 2. The molecular weight excluding hydrogens is 405 g/mol. The average Bonchev–Trinajstić information content (AvgIpc) is 2.42. The number of nitrogens with zero attached hydrogens (tertiary/aromatic N) is 1. The smallest absolute Gasteiger partial charge is 0.191 e. The van der Waals surface area contributed by atoms with Gasteiger partial charge < -0.3 is 10.6 Å². The summed E-state index contributed by atoms with van der Waals surface area (Å²) in [5.41, 5.74) is 1.15. The molecule has 0 spiro atoms. The van der Waals surface area contributed by atoms with Crippen molar-refractivity contribution >= 4 is 53.3 Å². The summed E-state index contributed by atoms with van der Waals surface area (Å²) in [5.74, 6) is 1.99. The lowest BCUT2D eigenvalue weighted by Crippen LogP contribution is -2.39. The van der Waals surface area contributed by atoms with Crippen LogP contribution in [0.1, 0.15) is 24.9 Å². The zero-order chi connectivity index (χ0) is 14.1. The first-order valence-corrected chi connectivity index (χ1v) is 8.16. The number of guanidine groups is 1. The van der Waals surface area contributed by atoms with E-state index in [1.807, 2.05) is 30.0 Å². The number of halogens is 2. The predicted molar refractivity (Wildman–Crippen MR) is 103 cm³/mol. The second-order valence-corrected chi connectivity index (χ2v) is 5.69. The van der Waals surface area contributed by atoms with Gasteiger partial charge >= 0.3 is 0 Å². The Morgan fingerprint density at radius 3 is 2.80 bits per heavy atom. The molecule has 0 aliphatic heterocycles. The van der Waals surface area contributed by atoms with Gasteiger partial charge in [-0.25, -0.2) is 0 Å². The van der Waals surface area contributed by atoms with E-state index in [1.165, 1.54) is 0 Å². The van der Waals surface area contributed by atoms with Crippen LogP contribution in [0.25, 0.3) is 0 Å². The standard InChI is InChI=1S/C14H22ClN3S.HI/c1-11(12-6-4-7-13(15)10-12)18-14(16-2)17-8-5-9-19-3;/h4,6-7,10-11H,5,8-9H2,1-3H3,(H2,16,17,18);1H. The minimum Gasteiger partial charge on any atom is -0.356 e. The van der Waals surface area contributed by atoms with E-state index in [0.717, 1.165) is 35.3 Å². The van der Waals surface area contributed by atoms with Crippen molar-refractivity contribution in [3.63, 3.8) is 0 Å². The van der Waals surface area contributed by atoms with E-state index in [4.69, 9.17) is 11.6 Å². The summed E-state index contributed by atoms with van der Waals surface area (Å²) >= 11 is 7.86. The fourth-order valence-electron chi connectivity index (χ4n) is 1.68. The van der Waals surface area contributed by atoms with Crippen LogP contribution >= 0.6 is 47.3 Å². The largest absolute Gasteiger partial charge is 0.356 e. The van der Waals surface area contributed by atoms with Gasteiger partial charge in [0.1, 0.15) is 0 Å². The maximum absolute atomic E-state index is 6.00. The van der Waals surface area contributed by atoms with E-state index >= 15 is 0 Å². The van der Waals surface area contributed by atoms with E-state index in [1.54, 1.807) is 7.05 Å². The molecule has 0 saturated carbocycles. The first-order valence-electron chi connectivity index (χ1n) is 6.39. The van der Waals surface area contributed by atoms with Crippen molar-refractivity contribution in [3.8, 4) is 0 Å². The fraction of sp³-hybridized carbons (Fsp3) is 0.500. The lowest BCUT2D eigenvalue weighted by Gasteiger charge is -2.18. The summed E-state index contributed by atoms with van der Waals surface area (Å²) in [6.07, 6.45) is 3.25. The molecule has 0 bridgehead atoms. The van der Waals surface area contributed by atoms with Crippen molar-refractivity contribution in [3.05, 3.63) is 34.9 Å². The van der Waals surface area contributed by atoms with Crippen LogP contribution in [0.3, 0.4) is 0 Å². The van der Waals surface area contributed by atoms with Crippen LogP contribution in [-0.2, 0) is 0 Å². The SMILES string of the molecule is CN=C(NCCCSC)NC(C)c1cccc(Cl)c1.I. The van der Waals surface area contributed by atoms with Gasteiger partial charge in [0.15, 0.2) is 5.96 Å². The average molecular weight is 428 g/mol. The number of benzene rings is 1. The number of hydrogen-bond donors (Lipinski definition) is 2. The topological polar surface area (TPSA) is 36.4 Å². The summed E-state index contributed by atoms with van der Waals surface area (Å²) in [5, 5.41) is 7.43. The van der Waals surface area contributed by atoms with Gasteiger partial charge in [0.05, 0.1) is 6.04 Å². The molecule has 0 heterocycles. The van der Waals surface area contributed by atoms with Gasteiger partial charge in [-0.2, -0.15) is 11.8 Å². The third-order valence-corrected chi connectivity index (χ3v) is 3.68. The van der Waals surface area contributed by atoms with Gasteiger partial charge in [-0.05, 0) is 43.0 Å². The fourth-order valence-corrected chi connectivity index (χ4v) is 2.31. The van der Waals surface area contributed by atoms with Crippen LogP contribution in [0.15, 0.2) is 29.3 Å². The Bertz CT molecular complexity index is 415. The highest BCUT2D eigenvalue weighted by molar-refractivity contribution is 14.0. The van der Waals surface area contributed by atoms with Gasteiger partial charge in [0, 0.05) is 18.6 Å². The Kier molecular flexibility index (Phi) is 11.4. The van der Waals surface area contributed by atoms with Crippen molar-refractivity contribution in [2.75, 3.05) is 25.6 Å². The Balaban J connectivity index is 0.00000361. The molecule has 0 amide bonds. The highest BCUT2D eigenvalue weighted by atomic mass is 127. The molecule has 1 unspecified atom stereocenters. The second-order valence-electron chi connectivity index (χ2n) is 4.27. The number of rotatable bonds is 6. The van der Waals surface area contributed by atoms with E-state index < -0.39 is 0 Å². The molecule has 6 heteroatoms. The number of aliphatic imine (C=N–C) groups is 1. The second kappa shape index (κ2) is 11.5. The van der Waals surface area contributed by atoms with E-state index in [2.05, 4.69) is 34.9 Å². The maximum Gasteiger partial charge on any atom is 0.191 e. The zero-order valence-corrected chi connectivity index (χ0v) is 16.1. The normalized spacial score (nSPS) is 12.5. The minimum absolute atomic E-state index is 0. The molecule has 0 aromatic heterocycles. The molecule has 1 aromatic rings. The minimum atomic E-state index is 0. The van der Waals surface area contributed by atoms with Gasteiger partial charge in [-0.1, -0.05) is 23.7 Å². The molecule has 0 fully saturated rings. The molecule has 1 aromatic carbocycles. The van der Waals surface area contributed by atoms with Crippen LogP contribution in [0, 0.1) is 0 Å². The summed E-state index contributed by atoms with van der Waals surface area (Å²) in [4.78, 5) is 4.23. The number of thioether (sulfide) groups is 1. The lowest BCUT2D eigenvalue weighted by atomic mass is 10.1. The summed E-state index contributed by atoms with van der Waals surface area (Å²) in [7, 11) is 1.79. The first-order chi connectivity index (χ1) is 9.17. The van der Waals surface area contributed by atoms with Crippen molar-refractivity contribution in [2.45, 2.75) is 19.4 Å². The molecule has 0 aliphatic carbocycles. The predicted octanol–water partition coefficient (Wildman–Crippen LogP) is 3.94. The van der Waals surface area contributed by atoms with Crippen LogP contribution in [0.2, 0.25) is 5.02 Å². The van der Waals surface area contributed by atoms with E-state index in [0.29, 0.717) is 0 Å². The van der Waals surface area contributed by atoms with Crippen LogP contribution in [-0.4, -0.2) is 31.6 Å². The molecule has 3 nitrogen and oxygen atoms in total. The Morgan fingerprint density at radius 1 is 1.45 bits per heavy atom.